The van der Waals surface area contributed by atoms with Crippen LogP contribution in [-0.4, -0.2) is 59.8 Å². The normalized spacial score (nSPS) is 29.3. The maximum Gasteiger partial charge on any atom is 0.187 e. The van der Waals surface area contributed by atoms with Crippen molar-refractivity contribution >= 4 is 9.84 Å². The van der Waals surface area contributed by atoms with E-state index in [0.717, 1.165) is 98.4 Å². The zero-order chi connectivity index (χ0) is 41.4. The highest BCUT2D eigenvalue weighted by Crippen LogP contribution is 2.66. The van der Waals surface area contributed by atoms with Crippen LogP contribution in [0.1, 0.15) is 122 Å². The van der Waals surface area contributed by atoms with Crippen molar-refractivity contribution in [1.29, 1.82) is 0 Å². The number of nitrogens with zero attached hydrogens (tertiary/aromatic N) is 3. The summed E-state index contributed by atoms with van der Waals surface area (Å²) in [6.45, 7) is 10.1. The molecule has 4 aliphatic carbocycles. The number of aliphatic hydroxyl groups excluding tert-OH is 1. The molecule has 59 heavy (non-hydrogen) atoms. The minimum absolute atomic E-state index is 0.0812. The number of fused-ring (bicyclic) bond motifs is 5. The molecular formula is C49H66N4O5S. The fraction of sp³-hybridized carbons (Fsp3) is 0.612. The largest absolute Gasteiger partial charge is 0.393 e. The summed E-state index contributed by atoms with van der Waals surface area (Å²) in [6.07, 6.45) is 18.0. The smallest absolute Gasteiger partial charge is 0.187 e. The van der Waals surface area contributed by atoms with Crippen LogP contribution in [0.2, 0.25) is 0 Å². The Morgan fingerprint density at radius 1 is 0.864 bits per heavy atom. The van der Waals surface area contributed by atoms with Gasteiger partial charge in [-0.15, -0.1) is 0 Å². The lowest BCUT2D eigenvalue weighted by Crippen LogP contribution is -2.54. The third-order valence-electron chi connectivity index (χ3n) is 15.5. The quantitative estimate of drug-likeness (QED) is 0.113. The van der Waals surface area contributed by atoms with Gasteiger partial charge in [0.1, 0.15) is 11.4 Å². The van der Waals surface area contributed by atoms with E-state index in [0.29, 0.717) is 44.9 Å². The fourth-order valence-electron chi connectivity index (χ4n) is 12.0. The second kappa shape index (κ2) is 17.5. The van der Waals surface area contributed by atoms with Crippen molar-refractivity contribution in [3.63, 3.8) is 0 Å². The standard InChI is InChI=1S/C49H66N4O5S/c1-32(2)59(55,56)38-18-15-35(16-19-38)44-31-51-42(47(52-44)45-29-43(53-58-45)34-13-11-33(12-14-34)30-50-5)10-8-6-7-9-27-57-46-22-21-40-39-20-17-36-28-37(54)23-25-48(36,3)41(39)24-26-49(40,46)4/h11-16,18-19,29,31-32,36-37,39-41,46,50,54H,6-10,17,20-28,30H2,1-5H3/t36-,37?,39-,40-,41-,46-,48-,49-/m0/s1. The average molecular weight is 823 g/mol. The van der Waals surface area contributed by atoms with Gasteiger partial charge in [-0.25, -0.2) is 13.4 Å². The summed E-state index contributed by atoms with van der Waals surface area (Å²) in [5, 5.41) is 17.5. The first-order chi connectivity index (χ1) is 28.4. The molecule has 4 aliphatic rings. The number of benzene rings is 2. The average Bonchev–Trinajstić information content (AvgIpc) is 3.86. The lowest BCUT2D eigenvalue weighted by molar-refractivity contribution is -0.141. The van der Waals surface area contributed by atoms with Crippen molar-refractivity contribution < 1.29 is 22.8 Å². The van der Waals surface area contributed by atoms with Crippen molar-refractivity contribution in [1.82, 2.24) is 20.4 Å². The third kappa shape index (κ3) is 8.45. The van der Waals surface area contributed by atoms with Crippen molar-refractivity contribution in [3.05, 3.63) is 72.1 Å². The molecular weight excluding hydrogens is 757 g/mol. The maximum atomic E-state index is 12.8. The number of unbranched alkanes of at least 4 members (excludes halogenated alkanes) is 3. The van der Waals surface area contributed by atoms with Crippen LogP contribution in [0.3, 0.4) is 0 Å². The topological polar surface area (TPSA) is 127 Å². The number of aromatic nitrogens is 3. The van der Waals surface area contributed by atoms with Gasteiger partial charge in [0.25, 0.3) is 0 Å². The lowest BCUT2D eigenvalue weighted by Gasteiger charge is -2.60. The summed E-state index contributed by atoms with van der Waals surface area (Å²) in [5.41, 5.74) is 6.57. The number of sulfone groups is 1. The number of nitrogens with one attached hydrogen (secondary N) is 1. The Balaban J connectivity index is 0.887. The van der Waals surface area contributed by atoms with E-state index in [1.54, 1.807) is 44.3 Å². The summed E-state index contributed by atoms with van der Waals surface area (Å²) < 4.78 is 38.3. The molecule has 0 amide bonds. The predicted molar refractivity (Wildman–Crippen MR) is 233 cm³/mol. The molecule has 0 radical (unpaired) electrons. The number of aliphatic hydroxyl groups is 1. The minimum Gasteiger partial charge on any atom is -0.393 e. The second-order valence-electron chi connectivity index (χ2n) is 19.2. The number of rotatable bonds is 15. The Morgan fingerprint density at radius 2 is 1.58 bits per heavy atom. The SMILES string of the molecule is CNCc1ccc(-c2cc(-c3nc(-c4ccc(S(=O)(=O)C(C)C)cc4)cnc3CCCCCCO[C@H]3CC[C@H]4[C@@H]5CC[C@H]6CC(O)CC[C@]6(C)[C@H]5CC[C@]34C)on2)cc1. The van der Waals surface area contributed by atoms with Gasteiger partial charge in [0.2, 0.25) is 0 Å². The molecule has 4 fully saturated rings. The molecule has 0 bridgehead atoms. The summed E-state index contributed by atoms with van der Waals surface area (Å²) in [6, 6.07) is 17.1. The summed E-state index contributed by atoms with van der Waals surface area (Å²) in [7, 11) is -1.45. The molecule has 2 heterocycles. The number of hydrogen-bond donors (Lipinski definition) is 2. The van der Waals surface area contributed by atoms with Gasteiger partial charge < -0.3 is 19.7 Å². The number of hydrogen-bond acceptors (Lipinski definition) is 9. The first-order valence-corrected chi connectivity index (χ1v) is 24.2. The van der Waals surface area contributed by atoms with Gasteiger partial charge in [-0.2, -0.15) is 0 Å². The maximum absolute atomic E-state index is 12.8. The monoisotopic (exact) mass is 822 g/mol. The van der Waals surface area contributed by atoms with E-state index < -0.39 is 15.1 Å². The van der Waals surface area contributed by atoms with Crippen molar-refractivity contribution in [2.45, 2.75) is 146 Å². The number of aryl methyl sites for hydroxylation is 1. The van der Waals surface area contributed by atoms with E-state index in [2.05, 4.69) is 48.6 Å². The molecule has 0 aliphatic heterocycles. The van der Waals surface area contributed by atoms with Crippen LogP contribution in [-0.2, 0) is 27.5 Å². The summed E-state index contributed by atoms with van der Waals surface area (Å²) in [4.78, 5) is 10.3. The fourth-order valence-corrected chi connectivity index (χ4v) is 13.0. The van der Waals surface area contributed by atoms with E-state index in [-0.39, 0.29) is 6.10 Å². The third-order valence-corrected chi connectivity index (χ3v) is 17.7. The molecule has 8 rings (SSSR count). The van der Waals surface area contributed by atoms with Crippen molar-refractivity contribution in [2.24, 2.45) is 34.5 Å². The predicted octanol–water partition coefficient (Wildman–Crippen LogP) is 10.3. The molecule has 10 heteroatoms. The molecule has 0 saturated heterocycles. The minimum atomic E-state index is -3.38. The van der Waals surface area contributed by atoms with E-state index in [1.807, 2.05) is 13.1 Å². The zero-order valence-corrected chi connectivity index (χ0v) is 36.8. The summed E-state index contributed by atoms with van der Waals surface area (Å²) >= 11 is 0. The summed E-state index contributed by atoms with van der Waals surface area (Å²) in [5.74, 6) is 3.70. The highest BCUT2D eigenvalue weighted by molar-refractivity contribution is 7.92. The Labute approximate surface area is 352 Å². The van der Waals surface area contributed by atoms with Gasteiger partial charge in [-0.3, -0.25) is 4.98 Å². The van der Waals surface area contributed by atoms with Crippen molar-refractivity contribution in [2.75, 3.05) is 13.7 Å². The molecule has 2 aromatic heterocycles. The van der Waals surface area contributed by atoms with Gasteiger partial charge >= 0.3 is 0 Å². The highest BCUT2D eigenvalue weighted by Gasteiger charge is 2.60. The Kier molecular flexibility index (Phi) is 12.5. The molecule has 8 atom stereocenters. The van der Waals surface area contributed by atoms with Crippen LogP contribution in [0.5, 0.6) is 0 Å². The van der Waals surface area contributed by atoms with Crippen LogP contribution >= 0.6 is 0 Å². The van der Waals surface area contributed by atoms with Gasteiger partial charge in [0, 0.05) is 30.3 Å². The van der Waals surface area contributed by atoms with E-state index in [4.69, 9.17) is 19.2 Å². The highest BCUT2D eigenvalue weighted by atomic mass is 32.2. The van der Waals surface area contributed by atoms with Crippen LogP contribution in [0, 0.1) is 34.5 Å². The molecule has 4 saturated carbocycles. The Hall–Kier alpha value is -3.44. The van der Waals surface area contributed by atoms with E-state index in [9.17, 15) is 13.5 Å². The number of ether oxygens (including phenoxy) is 1. The van der Waals surface area contributed by atoms with E-state index in [1.165, 1.54) is 50.5 Å². The molecule has 1 unspecified atom stereocenters. The Morgan fingerprint density at radius 3 is 2.34 bits per heavy atom. The van der Waals surface area contributed by atoms with Gasteiger partial charge in [0.05, 0.1) is 39.9 Å². The molecule has 2 N–H and O–H groups in total. The van der Waals surface area contributed by atoms with Crippen LogP contribution in [0.4, 0.5) is 0 Å². The van der Waals surface area contributed by atoms with Crippen LogP contribution in [0.25, 0.3) is 34.0 Å². The molecule has 318 valence electrons. The molecule has 4 aromatic rings. The van der Waals surface area contributed by atoms with Crippen LogP contribution in [0.15, 0.2) is 70.2 Å². The first kappa shape index (κ1) is 42.3. The van der Waals surface area contributed by atoms with E-state index >= 15 is 0 Å². The molecule has 0 spiro atoms. The van der Waals surface area contributed by atoms with Gasteiger partial charge in [-0.05, 0) is 150 Å². The van der Waals surface area contributed by atoms with Gasteiger partial charge in [0.15, 0.2) is 15.6 Å². The lowest BCUT2D eigenvalue weighted by atomic mass is 9.45. The first-order valence-electron chi connectivity index (χ1n) is 22.6. The van der Waals surface area contributed by atoms with Crippen LogP contribution < -0.4 is 5.32 Å². The molecule has 9 nitrogen and oxygen atoms in total. The zero-order valence-electron chi connectivity index (χ0n) is 36.0. The van der Waals surface area contributed by atoms with Crippen molar-refractivity contribution in [3.8, 4) is 34.0 Å². The second-order valence-corrected chi connectivity index (χ2v) is 21.7. The molecule has 2 aromatic carbocycles. The van der Waals surface area contributed by atoms with Gasteiger partial charge in [-0.1, -0.05) is 68.2 Å². The Bertz CT molecular complexity index is 2150.